The van der Waals surface area contributed by atoms with Crippen LogP contribution in [-0.4, -0.2) is 38.1 Å². The van der Waals surface area contributed by atoms with Gasteiger partial charge in [-0.2, -0.15) is 13.2 Å². The first-order valence-electron chi connectivity index (χ1n) is 3.46. The summed E-state index contributed by atoms with van der Waals surface area (Å²) in [4.78, 5) is 0. The first-order valence-corrected chi connectivity index (χ1v) is 4.45. The van der Waals surface area contributed by atoms with Crippen molar-refractivity contribution in [3.05, 3.63) is 0 Å². The third kappa shape index (κ3) is 10.1. The van der Waals surface area contributed by atoms with E-state index in [0.29, 0.717) is 19.7 Å². The zero-order chi connectivity index (χ0) is 9.45. The van der Waals surface area contributed by atoms with Crippen molar-refractivity contribution in [2.24, 2.45) is 0 Å². The van der Waals surface area contributed by atoms with E-state index in [1.54, 1.807) is 7.11 Å². The van der Waals surface area contributed by atoms with Crippen LogP contribution < -0.4 is 5.32 Å². The molecule has 6 heteroatoms. The SMILES string of the molecule is COCCNCCSC(F)(F)F. The minimum absolute atomic E-state index is 0.0117. The fourth-order valence-corrected chi connectivity index (χ4v) is 1.02. The van der Waals surface area contributed by atoms with Gasteiger partial charge in [-0.1, -0.05) is 0 Å². The molecule has 0 rings (SSSR count). The monoisotopic (exact) mass is 203 g/mol. The first kappa shape index (κ1) is 12.1. The summed E-state index contributed by atoms with van der Waals surface area (Å²) in [6, 6.07) is 0. The fraction of sp³-hybridized carbons (Fsp3) is 1.00. The van der Waals surface area contributed by atoms with Crippen molar-refractivity contribution in [3.8, 4) is 0 Å². The molecule has 0 fully saturated rings. The highest BCUT2D eigenvalue weighted by Crippen LogP contribution is 2.29. The average molecular weight is 203 g/mol. The molecule has 0 aromatic carbocycles. The van der Waals surface area contributed by atoms with E-state index in [-0.39, 0.29) is 17.5 Å². The van der Waals surface area contributed by atoms with E-state index in [1.165, 1.54) is 0 Å². The number of halogens is 3. The van der Waals surface area contributed by atoms with E-state index in [4.69, 9.17) is 4.74 Å². The number of alkyl halides is 3. The van der Waals surface area contributed by atoms with Crippen LogP contribution in [0.25, 0.3) is 0 Å². The molecule has 0 spiro atoms. The highest BCUT2D eigenvalue weighted by atomic mass is 32.2. The van der Waals surface area contributed by atoms with Gasteiger partial charge >= 0.3 is 5.51 Å². The van der Waals surface area contributed by atoms with Crippen molar-refractivity contribution in [1.82, 2.24) is 5.32 Å². The van der Waals surface area contributed by atoms with E-state index in [2.05, 4.69) is 5.32 Å². The Morgan fingerprint density at radius 2 is 2.00 bits per heavy atom. The van der Waals surface area contributed by atoms with Gasteiger partial charge in [-0.3, -0.25) is 0 Å². The van der Waals surface area contributed by atoms with Crippen LogP contribution in [0.4, 0.5) is 13.2 Å². The first-order chi connectivity index (χ1) is 5.56. The molecule has 0 aromatic rings. The minimum Gasteiger partial charge on any atom is -0.383 e. The average Bonchev–Trinajstić information content (AvgIpc) is 1.94. The molecule has 0 aliphatic carbocycles. The molecule has 0 saturated carbocycles. The predicted octanol–water partition coefficient (Wildman–Crippen LogP) is 1.48. The molecule has 0 bridgehead atoms. The third-order valence-corrected chi connectivity index (χ3v) is 1.76. The lowest BCUT2D eigenvalue weighted by molar-refractivity contribution is -0.0327. The van der Waals surface area contributed by atoms with Gasteiger partial charge in [0, 0.05) is 26.0 Å². The Hall–Kier alpha value is 0.0600. The fourth-order valence-electron chi connectivity index (χ4n) is 0.538. The Balaban J connectivity index is 3.01. The summed E-state index contributed by atoms with van der Waals surface area (Å²) in [7, 11) is 1.55. The van der Waals surface area contributed by atoms with Gasteiger partial charge in [-0.25, -0.2) is 0 Å². The lowest BCUT2D eigenvalue weighted by Gasteiger charge is -2.05. The van der Waals surface area contributed by atoms with Crippen LogP contribution in [0.5, 0.6) is 0 Å². The molecule has 1 N–H and O–H groups in total. The van der Waals surface area contributed by atoms with Crippen molar-refractivity contribution < 1.29 is 17.9 Å². The largest absolute Gasteiger partial charge is 0.441 e. The lowest BCUT2D eigenvalue weighted by Crippen LogP contribution is -2.22. The topological polar surface area (TPSA) is 21.3 Å². The van der Waals surface area contributed by atoms with Crippen molar-refractivity contribution in [2.75, 3.05) is 32.6 Å². The summed E-state index contributed by atoms with van der Waals surface area (Å²) in [5.74, 6) is 0.0488. The molecule has 2 nitrogen and oxygen atoms in total. The van der Waals surface area contributed by atoms with Crippen LogP contribution in [0.3, 0.4) is 0 Å². The molecule has 0 heterocycles. The summed E-state index contributed by atoms with van der Waals surface area (Å²) in [6.45, 7) is 1.47. The Bertz CT molecular complexity index is 109. The molecule has 0 saturated heterocycles. The molecule has 0 radical (unpaired) electrons. The van der Waals surface area contributed by atoms with Crippen molar-refractivity contribution >= 4 is 11.8 Å². The van der Waals surface area contributed by atoms with Gasteiger partial charge in [0.15, 0.2) is 0 Å². The van der Waals surface area contributed by atoms with Crippen molar-refractivity contribution in [1.29, 1.82) is 0 Å². The molecule has 0 aliphatic heterocycles. The number of hydrogen-bond donors (Lipinski definition) is 1. The van der Waals surface area contributed by atoms with Crippen LogP contribution >= 0.6 is 11.8 Å². The molecule has 0 amide bonds. The lowest BCUT2D eigenvalue weighted by atomic mass is 10.6. The summed E-state index contributed by atoms with van der Waals surface area (Å²) < 4.78 is 39.3. The number of hydrogen-bond acceptors (Lipinski definition) is 3. The summed E-state index contributed by atoms with van der Waals surface area (Å²) in [5, 5.41) is 2.81. The standard InChI is InChI=1S/C6H12F3NOS/c1-11-4-2-10-3-5-12-6(7,8)9/h10H,2-5H2,1H3. The van der Waals surface area contributed by atoms with Crippen molar-refractivity contribution in [2.45, 2.75) is 5.51 Å². The number of thioether (sulfide) groups is 1. The zero-order valence-electron chi connectivity index (χ0n) is 6.78. The van der Waals surface area contributed by atoms with Gasteiger partial charge in [0.2, 0.25) is 0 Å². The summed E-state index contributed by atoms with van der Waals surface area (Å²) in [5.41, 5.74) is -4.11. The highest BCUT2D eigenvalue weighted by Gasteiger charge is 2.27. The second-order valence-corrected chi connectivity index (χ2v) is 3.20. The van der Waals surface area contributed by atoms with Gasteiger partial charge in [0.1, 0.15) is 0 Å². The Kier molecular flexibility index (Phi) is 6.60. The van der Waals surface area contributed by atoms with E-state index in [0.717, 1.165) is 0 Å². The van der Waals surface area contributed by atoms with Crippen LogP contribution in [-0.2, 0) is 4.74 Å². The van der Waals surface area contributed by atoms with Crippen molar-refractivity contribution in [3.63, 3.8) is 0 Å². The molecule has 0 aromatic heterocycles. The molecule has 0 atom stereocenters. The van der Waals surface area contributed by atoms with Crippen LogP contribution in [0.15, 0.2) is 0 Å². The molecule has 0 unspecified atom stereocenters. The number of methoxy groups -OCH3 is 1. The highest BCUT2D eigenvalue weighted by molar-refractivity contribution is 8.00. The maximum absolute atomic E-state index is 11.5. The number of nitrogens with one attached hydrogen (secondary N) is 1. The van der Waals surface area contributed by atoms with Crippen LogP contribution in [0, 0.1) is 0 Å². The second-order valence-electron chi connectivity index (χ2n) is 2.04. The van der Waals surface area contributed by atoms with E-state index in [1.807, 2.05) is 0 Å². The second kappa shape index (κ2) is 6.56. The normalized spacial score (nSPS) is 12.0. The smallest absolute Gasteiger partial charge is 0.383 e. The maximum Gasteiger partial charge on any atom is 0.441 e. The van der Waals surface area contributed by atoms with Gasteiger partial charge in [0.25, 0.3) is 0 Å². The van der Waals surface area contributed by atoms with E-state index >= 15 is 0 Å². The van der Waals surface area contributed by atoms with E-state index in [9.17, 15) is 13.2 Å². The Morgan fingerprint density at radius 1 is 1.33 bits per heavy atom. The minimum atomic E-state index is -4.11. The summed E-state index contributed by atoms with van der Waals surface area (Å²) >= 11 is -0.0117. The Morgan fingerprint density at radius 3 is 2.50 bits per heavy atom. The molecular weight excluding hydrogens is 191 g/mol. The quantitative estimate of drug-likeness (QED) is 0.661. The maximum atomic E-state index is 11.5. The molecular formula is C6H12F3NOS. The number of rotatable bonds is 6. The zero-order valence-corrected chi connectivity index (χ0v) is 7.60. The predicted molar refractivity (Wildman–Crippen MR) is 43.3 cm³/mol. The molecule has 12 heavy (non-hydrogen) atoms. The van der Waals surface area contributed by atoms with E-state index < -0.39 is 5.51 Å². The Labute approximate surface area is 73.8 Å². The molecule has 74 valence electrons. The van der Waals surface area contributed by atoms with Gasteiger partial charge in [-0.05, 0) is 11.8 Å². The third-order valence-electron chi connectivity index (χ3n) is 1.03. The number of ether oxygens (including phenoxy) is 1. The molecule has 0 aliphatic rings. The van der Waals surface area contributed by atoms with Gasteiger partial charge in [-0.15, -0.1) is 0 Å². The van der Waals surface area contributed by atoms with Gasteiger partial charge in [0.05, 0.1) is 6.61 Å². The van der Waals surface area contributed by atoms with Gasteiger partial charge < -0.3 is 10.1 Å². The van der Waals surface area contributed by atoms with Crippen LogP contribution in [0.2, 0.25) is 0 Å². The summed E-state index contributed by atoms with van der Waals surface area (Å²) in [6.07, 6.45) is 0. The van der Waals surface area contributed by atoms with Crippen LogP contribution in [0.1, 0.15) is 0 Å².